The van der Waals surface area contributed by atoms with Crippen molar-refractivity contribution in [1.29, 1.82) is 0 Å². The minimum absolute atomic E-state index is 0.225. The quantitative estimate of drug-likeness (QED) is 0.816. The van der Waals surface area contributed by atoms with Crippen LogP contribution in [0.15, 0.2) is 0 Å². The number of carbonyl (C=O) groups excluding carboxylic acids is 1. The van der Waals surface area contributed by atoms with Crippen molar-refractivity contribution < 1.29 is 9.18 Å². The molecular weight excluding hydrogens is 191 g/mol. The number of rotatable bonds is 3. The smallest absolute Gasteiger partial charge is 0.228 e. The third kappa shape index (κ3) is 2.77. The summed E-state index contributed by atoms with van der Waals surface area (Å²) in [5.74, 6) is -0.688. The highest BCUT2D eigenvalue weighted by Crippen LogP contribution is 2.22. The zero-order valence-electron chi connectivity index (χ0n) is 7.56. The second-order valence-electron chi connectivity index (χ2n) is 2.66. The zero-order valence-corrected chi connectivity index (χ0v) is 8.37. The lowest BCUT2D eigenvalue weighted by molar-refractivity contribution is -0.114. The maximum Gasteiger partial charge on any atom is 0.228 e. The Morgan fingerprint density at radius 3 is 2.92 bits per heavy atom. The molecule has 0 saturated carbocycles. The first kappa shape index (κ1) is 10.1. The van der Waals surface area contributed by atoms with E-state index in [0.29, 0.717) is 16.4 Å². The molecule has 1 N–H and O–H groups in total. The fraction of sp³-hybridized carbons (Fsp3) is 0.500. The van der Waals surface area contributed by atoms with E-state index in [9.17, 15) is 9.18 Å². The van der Waals surface area contributed by atoms with E-state index in [1.54, 1.807) is 0 Å². The van der Waals surface area contributed by atoms with Gasteiger partial charge in [-0.1, -0.05) is 24.7 Å². The second-order valence-corrected chi connectivity index (χ2v) is 3.75. The Balaban J connectivity index is 2.76. The fourth-order valence-electron chi connectivity index (χ4n) is 0.918. The van der Waals surface area contributed by atoms with Crippen LogP contribution in [0.25, 0.3) is 0 Å². The molecule has 0 aliphatic rings. The molecule has 13 heavy (non-hydrogen) atoms. The number of halogens is 1. The zero-order chi connectivity index (χ0) is 9.84. The minimum Gasteiger partial charge on any atom is -0.302 e. The van der Waals surface area contributed by atoms with Gasteiger partial charge in [0.15, 0.2) is 5.13 Å². The van der Waals surface area contributed by atoms with Gasteiger partial charge < -0.3 is 5.32 Å². The predicted molar refractivity (Wildman–Crippen MR) is 50.4 cm³/mol. The Labute approximate surface area is 80.0 Å². The highest BCUT2D eigenvalue weighted by atomic mass is 32.1. The molecule has 0 aliphatic carbocycles. The first-order valence-electron chi connectivity index (χ1n) is 4.06. The van der Waals surface area contributed by atoms with Gasteiger partial charge in [0.25, 0.3) is 0 Å². The summed E-state index contributed by atoms with van der Waals surface area (Å²) in [5, 5.41) is 2.79. The molecule has 1 amide bonds. The molecule has 0 spiro atoms. The summed E-state index contributed by atoms with van der Waals surface area (Å²) in [6, 6.07) is 0. The van der Waals surface area contributed by atoms with Crippen LogP contribution in [0.4, 0.5) is 9.52 Å². The van der Waals surface area contributed by atoms with Gasteiger partial charge in [0.1, 0.15) is 0 Å². The van der Waals surface area contributed by atoms with Crippen molar-refractivity contribution in [2.75, 3.05) is 5.32 Å². The summed E-state index contributed by atoms with van der Waals surface area (Å²) < 4.78 is 13.0. The van der Waals surface area contributed by atoms with E-state index >= 15 is 0 Å². The standard InChI is InChI=1S/C8H11FN2OS/c1-3-4-6-7(9)11-8(13-6)10-5(2)12/h3-4H2,1-2H3,(H,10,11,12). The summed E-state index contributed by atoms with van der Waals surface area (Å²) in [6.45, 7) is 3.34. The molecule has 0 radical (unpaired) electrons. The van der Waals surface area contributed by atoms with E-state index in [1.165, 1.54) is 18.3 Å². The van der Waals surface area contributed by atoms with Gasteiger partial charge in [0, 0.05) is 6.92 Å². The van der Waals surface area contributed by atoms with E-state index in [2.05, 4.69) is 10.3 Å². The van der Waals surface area contributed by atoms with Crippen LogP contribution in [0.1, 0.15) is 25.1 Å². The van der Waals surface area contributed by atoms with Gasteiger partial charge in [-0.2, -0.15) is 9.37 Å². The summed E-state index contributed by atoms with van der Waals surface area (Å²) >= 11 is 1.19. The van der Waals surface area contributed by atoms with Crippen LogP contribution in [0.2, 0.25) is 0 Å². The average molecular weight is 202 g/mol. The Hall–Kier alpha value is -0.970. The Morgan fingerprint density at radius 1 is 1.69 bits per heavy atom. The number of thiazole rings is 1. The van der Waals surface area contributed by atoms with E-state index in [0.717, 1.165) is 6.42 Å². The van der Waals surface area contributed by atoms with Gasteiger partial charge in [0.2, 0.25) is 11.9 Å². The SMILES string of the molecule is CCCc1sc(NC(C)=O)nc1F. The van der Waals surface area contributed by atoms with Crippen LogP contribution >= 0.6 is 11.3 Å². The number of hydrogen-bond donors (Lipinski definition) is 1. The van der Waals surface area contributed by atoms with E-state index in [4.69, 9.17) is 0 Å². The number of carbonyl (C=O) groups is 1. The molecule has 0 aromatic carbocycles. The minimum atomic E-state index is -0.462. The van der Waals surface area contributed by atoms with Crippen molar-refractivity contribution in [3.8, 4) is 0 Å². The number of hydrogen-bond acceptors (Lipinski definition) is 3. The molecule has 5 heteroatoms. The molecule has 0 aliphatic heterocycles. The lowest BCUT2D eigenvalue weighted by Crippen LogP contribution is -2.04. The van der Waals surface area contributed by atoms with Crippen molar-refractivity contribution in [2.24, 2.45) is 0 Å². The monoisotopic (exact) mass is 202 g/mol. The number of aryl methyl sites for hydroxylation is 1. The summed E-state index contributed by atoms with van der Waals surface area (Å²) in [6.07, 6.45) is 1.54. The molecule has 1 aromatic heterocycles. The van der Waals surface area contributed by atoms with Crippen LogP contribution < -0.4 is 5.32 Å². The average Bonchev–Trinajstić information content (AvgIpc) is 2.31. The Morgan fingerprint density at radius 2 is 2.38 bits per heavy atom. The maximum absolute atomic E-state index is 13.0. The van der Waals surface area contributed by atoms with E-state index < -0.39 is 5.95 Å². The second kappa shape index (κ2) is 4.32. The lowest BCUT2D eigenvalue weighted by atomic mass is 10.3. The van der Waals surface area contributed by atoms with Crippen molar-refractivity contribution in [2.45, 2.75) is 26.7 Å². The molecule has 3 nitrogen and oxygen atoms in total. The van der Waals surface area contributed by atoms with Crippen LogP contribution in [0.5, 0.6) is 0 Å². The fourth-order valence-corrected chi connectivity index (χ4v) is 1.91. The van der Waals surface area contributed by atoms with Crippen LogP contribution in [0.3, 0.4) is 0 Å². The molecule has 1 rings (SSSR count). The molecule has 0 fully saturated rings. The normalized spacial score (nSPS) is 10.1. The number of nitrogens with zero attached hydrogens (tertiary/aromatic N) is 1. The summed E-state index contributed by atoms with van der Waals surface area (Å²) in [4.78, 5) is 14.8. The molecule has 0 unspecified atom stereocenters. The van der Waals surface area contributed by atoms with Crippen molar-refractivity contribution in [3.05, 3.63) is 10.8 Å². The lowest BCUT2D eigenvalue weighted by Gasteiger charge is -1.91. The third-order valence-corrected chi connectivity index (χ3v) is 2.42. The van der Waals surface area contributed by atoms with Crippen LogP contribution in [-0.2, 0) is 11.2 Å². The number of nitrogens with one attached hydrogen (secondary N) is 1. The maximum atomic E-state index is 13.0. The molecule has 0 atom stereocenters. The number of aromatic nitrogens is 1. The highest BCUT2D eigenvalue weighted by molar-refractivity contribution is 7.15. The highest BCUT2D eigenvalue weighted by Gasteiger charge is 2.10. The van der Waals surface area contributed by atoms with Crippen molar-refractivity contribution >= 4 is 22.4 Å². The Bertz CT molecular complexity index is 311. The summed E-state index contributed by atoms with van der Waals surface area (Å²) in [5.41, 5.74) is 0. The number of anilines is 1. The first-order valence-corrected chi connectivity index (χ1v) is 4.88. The molecule has 1 aromatic rings. The van der Waals surface area contributed by atoms with Gasteiger partial charge >= 0.3 is 0 Å². The predicted octanol–water partition coefficient (Wildman–Crippen LogP) is 2.19. The largest absolute Gasteiger partial charge is 0.302 e. The van der Waals surface area contributed by atoms with E-state index in [-0.39, 0.29) is 5.91 Å². The molecule has 72 valence electrons. The summed E-state index contributed by atoms with van der Waals surface area (Å²) in [7, 11) is 0. The Kier molecular flexibility index (Phi) is 3.36. The van der Waals surface area contributed by atoms with Crippen molar-refractivity contribution in [1.82, 2.24) is 4.98 Å². The van der Waals surface area contributed by atoms with Crippen molar-refractivity contribution in [3.63, 3.8) is 0 Å². The van der Waals surface area contributed by atoms with Crippen LogP contribution in [-0.4, -0.2) is 10.9 Å². The van der Waals surface area contributed by atoms with Gasteiger partial charge in [-0.05, 0) is 6.42 Å². The molecule has 0 saturated heterocycles. The van der Waals surface area contributed by atoms with Gasteiger partial charge in [0.05, 0.1) is 4.88 Å². The number of amides is 1. The first-order chi connectivity index (χ1) is 6.13. The van der Waals surface area contributed by atoms with Crippen LogP contribution in [0, 0.1) is 5.95 Å². The van der Waals surface area contributed by atoms with Gasteiger partial charge in [-0.25, -0.2) is 0 Å². The van der Waals surface area contributed by atoms with Gasteiger partial charge in [-0.15, -0.1) is 0 Å². The van der Waals surface area contributed by atoms with Gasteiger partial charge in [-0.3, -0.25) is 4.79 Å². The third-order valence-electron chi connectivity index (χ3n) is 1.41. The topological polar surface area (TPSA) is 42.0 Å². The van der Waals surface area contributed by atoms with E-state index in [1.807, 2.05) is 6.92 Å². The molecule has 0 bridgehead atoms. The molecular formula is C8H11FN2OS. The molecule has 1 heterocycles.